The zero-order valence-electron chi connectivity index (χ0n) is 10.3. The summed E-state index contributed by atoms with van der Waals surface area (Å²) in [6.45, 7) is 0. The minimum atomic E-state index is -1.31. The highest BCUT2D eigenvalue weighted by Crippen LogP contribution is 2.28. The fourth-order valence-corrected chi connectivity index (χ4v) is 2.95. The Bertz CT molecular complexity index is 879. The van der Waals surface area contributed by atoms with Gasteiger partial charge >= 0.3 is 5.97 Å². The van der Waals surface area contributed by atoms with Gasteiger partial charge in [-0.1, -0.05) is 15.9 Å². The van der Waals surface area contributed by atoms with E-state index in [2.05, 4.69) is 48.5 Å². The first-order valence-corrected chi connectivity index (χ1v) is 7.71. The van der Waals surface area contributed by atoms with Crippen molar-refractivity contribution in [1.29, 1.82) is 0 Å². The maximum absolute atomic E-state index is 13.7. The Morgan fingerprint density at radius 3 is 2.81 bits per heavy atom. The molecule has 0 saturated heterocycles. The summed E-state index contributed by atoms with van der Waals surface area (Å²) in [6.07, 6.45) is 0. The molecule has 1 aromatic heterocycles. The summed E-state index contributed by atoms with van der Waals surface area (Å²) in [5.74, 6) is -1.53. The lowest BCUT2D eigenvalue weighted by atomic mass is 10.2. The van der Waals surface area contributed by atoms with Crippen molar-refractivity contribution in [2.24, 2.45) is 0 Å². The Hall–Kier alpha value is -1.48. The summed E-state index contributed by atoms with van der Waals surface area (Å²) in [7, 11) is 0. The molecular formula is C14H7BrFIN2O2. The Balaban J connectivity index is 2.21. The topological polar surface area (TPSA) is 66.0 Å². The number of carbonyl (C=O) groups is 1. The van der Waals surface area contributed by atoms with Crippen LogP contribution in [0, 0.1) is 9.39 Å². The highest BCUT2D eigenvalue weighted by atomic mass is 127. The number of nitrogens with zero attached hydrogens (tertiary/aromatic N) is 1. The summed E-state index contributed by atoms with van der Waals surface area (Å²) in [5, 5.41) is 8.94. The van der Waals surface area contributed by atoms with Crippen LogP contribution < -0.4 is 0 Å². The number of benzene rings is 2. The molecule has 0 aliphatic carbocycles. The lowest BCUT2D eigenvalue weighted by molar-refractivity contribution is 0.0692. The number of fused-ring (bicyclic) bond motifs is 1. The van der Waals surface area contributed by atoms with E-state index in [0.29, 0.717) is 16.9 Å². The number of hydrogen-bond acceptors (Lipinski definition) is 2. The number of aromatic amines is 1. The molecule has 0 amide bonds. The quantitative estimate of drug-likeness (QED) is 0.556. The van der Waals surface area contributed by atoms with Crippen LogP contribution in [-0.2, 0) is 0 Å². The number of carboxylic acids is 1. The second kappa shape index (κ2) is 5.38. The summed E-state index contributed by atoms with van der Waals surface area (Å²) in [6, 6.07) is 8.12. The average Bonchev–Trinajstić information content (AvgIpc) is 2.82. The number of hydrogen-bond donors (Lipinski definition) is 2. The Morgan fingerprint density at radius 1 is 1.33 bits per heavy atom. The van der Waals surface area contributed by atoms with Crippen LogP contribution in [0.3, 0.4) is 0 Å². The Morgan fingerprint density at radius 2 is 2.10 bits per heavy atom. The molecule has 0 bridgehead atoms. The third-order valence-electron chi connectivity index (χ3n) is 2.98. The first kappa shape index (κ1) is 14.5. The van der Waals surface area contributed by atoms with E-state index in [0.717, 1.165) is 19.7 Å². The first-order valence-electron chi connectivity index (χ1n) is 5.83. The van der Waals surface area contributed by atoms with Crippen molar-refractivity contribution in [1.82, 2.24) is 9.97 Å². The molecule has 0 atom stereocenters. The summed E-state index contributed by atoms with van der Waals surface area (Å²) in [5.41, 5.74) is 1.35. The molecule has 3 rings (SSSR count). The van der Waals surface area contributed by atoms with Gasteiger partial charge in [-0.15, -0.1) is 0 Å². The van der Waals surface area contributed by atoms with Crippen molar-refractivity contribution in [3.8, 4) is 11.4 Å². The van der Waals surface area contributed by atoms with E-state index < -0.39 is 11.8 Å². The molecule has 0 fully saturated rings. The molecule has 1 heterocycles. The second-order valence-electron chi connectivity index (χ2n) is 4.36. The van der Waals surface area contributed by atoms with Crippen LogP contribution in [-0.4, -0.2) is 21.0 Å². The van der Waals surface area contributed by atoms with Crippen LogP contribution in [0.15, 0.2) is 34.8 Å². The molecule has 2 N–H and O–H groups in total. The van der Waals surface area contributed by atoms with Crippen LogP contribution in [0.2, 0.25) is 0 Å². The predicted octanol–water partition coefficient (Wildman–Crippen LogP) is 4.43. The van der Waals surface area contributed by atoms with Gasteiger partial charge in [-0.3, -0.25) is 0 Å². The maximum atomic E-state index is 13.7. The minimum absolute atomic E-state index is 0.385. The molecule has 106 valence electrons. The molecule has 0 spiro atoms. The van der Waals surface area contributed by atoms with E-state index in [-0.39, 0.29) is 5.56 Å². The van der Waals surface area contributed by atoms with Crippen LogP contribution >= 0.6 is 38.5 Å². The number of aromatic nitrogens is 2. The number of carboxylic acid groups (broad SMARTS) is 1. The van der Waals surface area contributed by atoms with E-state index >= 15 is 0 Å². The third kappa shape index (κ3) is 2.67. The smallest absolute Gasteiger partial charge is 0.338 e. The average molecular weight is 461 g/mol. The van der Waals surface area contributed by atoms with Gasteiger partial charge < -0.3 is 10.1 Å². The number of aromatic carboxylic acids is 1. The first-order chi connectivity index (χ1) is 9.95. The van der Waals surface area contributed by atoms with Crippen molar-refractivity contribution in [2.75, 3.05) is 0 Å². The Labute approximate surface area is 140 Å². The van der Waals surface area contributed by atoms with Gasteiger partial charge in [0.1, 0.15) is 11.6 Å². The van der Waals surface area contributed by atoms with E-state index in [1.807, 2.05) is 18.2 Å². The summed E-state index contributed by atoms with van der Waals surface area (Å²) < 4.78 is 15.6. The maximum Gasteiger partial charge on any atom is 0.338 e. The SMILES string of the molecule is O=C(O)c1cc2nc(-c3cc(Br)ccc3I)[nH]c2cc1F. The lowest BCUT2D eigenvalue weighted by Gasteiger charge is -2.01. The van der Waals surface area contributed by atoms with Crippen molar-refractivity contribution in [3.05, 3.63) is 49.8 Å². The van der Waals surface area contributed by atoms with E-state index in [9.17, 15) is 9.18 Å². The van der Waals surface area contributed by atoms with Gasteiger partial charge in [0.2, 0.25) is 0 Å². The highest BCUT2D eigenvalue weighted by molar-refractivity contribution is 14.1. The molecule has 0 aliphatic heterocycles. The van der Waals surface area contributed by atoms with Crippen molar-refractivity contribution in [3.63, 3.8) is 0 Å². The number of H-pyrrole nitrogens is 1. The van der Waals surface area contributed by atoms with Crippen LogP contribution in [0.1, 0.15) is 10.4 Å². The molecule has 0 unspecified atom stereocenters. The second-order valence-corrected chi connectivity index (χ2v) is 6.44. The predicted molar refractivity (Wildman–Crippen MR) is 88.9 cm³/mol. The van der Waals surface area contributed by atoms with E-state index in [4.69, 9.17) is 5.11 Å². The molecule has 0 aliphatic rings. The lowest BCUT2D eigenvalue weighted by Crippen LogP contribution is -1.99. The van der Waals surface area contributed by atoms with Crippen molar-refractivity contribution < 1.29 is 14.3 Å². The fraction of sp³-hybridized carbons (Fsp3) is 0. The molecule has 21 heavy (non-hydrogen) atoms. The zero-order chi connectivity index (χ0) is 15.1. The third-order valence-corrected chi connectivity index (χ3v) is 4.42. The normalized spacial score (nSPS) is 11.0. The molecule has 4 nitrogen and oxygen atoms in total. The zero-order valence-corrected chi connectivity index (χ0v) is 14.1. The largest absolute Gasteiger partial charge is 0.478 e. The van der Waals surface area contributed by atoms with Gasteiger partial charge in [0, 0.05) is 19.7 Å². The van der Waals surface area contributed by atoms with Gasteiger partial charge in [0.05, 0.1) is 16.6 Å². The standard InChI is InChI=1S/C14H7BrFIN2O2/c15-6-1-2-10(17)8(3-6)13-18-11-4-7(14(20)21)9(16)5-12(11)19-13/h1-5H,(H,18,19)(H,20,21). The van der Waals surface area contributed by atoms with Gasteiger partial charge in [-0.05, 0) is 46.9 Å². The van der Waals surface area contributed by atoms with Crippen LogP contribution in [0.4, 0.5) is 4.39 Å². The van der Waals surface area contributed by atoms with Gasteiger partial charge in [-0.25, -0.2) is 14.2 Å². The molecular weight excluding hydrogens is 454 g/mol. The molecule has 0 radical (unpaired) electrons. The van der Waals surface area contributed by atoms with Gasteiger partial charge in [0.25, 0.3) is 0 Å². The number of imidazole rings is 1. The molecule has 0 saturated carbocycles. The van der Waals surface area contributed by atoms with Gasteiger partial charge in [0.15, 0.2) is 0 Å². The minimum Gasteiger partial charge on any atom is -0.478 e. The van der Waals surface area contributed by atoms with E-state index in [1.165, 1.54) is 6.07 Å². The summed E-state index contributed by atoms with van der Waals surface area (Å²) >= 11 is 5.58. The molecule has 2 aromatic carbocycles. The number of nitrogens with one attached hydrogen (secondary N) is 1. The Kier molecular flexibility index (Phi) is 3.70. The number of rotatable bonds is 2. The highest BCUT2D eigenvalue weighted by Gasteiger charge is 2.15. The summed E-state index contributed by atoms with van der Waals surface area (Å²) in [4.78, 5) is 18.3. The molecule has 7 heteroatoms. The van der Waals surface area contributed by atoms with Crippen molar-refractivity contribution >= 4 is 55.5 Å². The van der Waals surface area contributed by atoms with Crippen LogP contribution in [0.5, 0.6) is 0 Å². The van der Waals surface area contributed by atoms with Crippen LogP contribution in [0.25, 0.3) is 22.4 Å². The van der Waals surface area contributed by atoms with Gasteiger partial charge in [-0.2, -0.15) is 0 Å². The fourth-order valence-electron chi connectivity index (χ4n) is 2.00. The molecule has 3 aromatic rings. The van der Waals surface area contributed by atoms with Crippen molar-refractivity contribution in [2.45, 2.75) is 0 Å². The number of halogens is 3. The monoisotopic (exact) mass is 460 g/mol. The van der Waals surface area contributed by atoms with E-state index in [1.54, 1.807) is 0 Å².